The van der Waals surface area contributed by atoms with E-state index in [1.165, 1.54) is 23.9 Å². The Hall–Kier alpha value is -5.24. The first kappa shape index (κ1) is 37.3. The first-order valence-electron chi connectivity index (χ1n) is 17.6. The van der Waals surface area contributed by atoms with E-state index in [2.05, 4.69) is 24.9 Å². The van der Waals surface area contributed by atoms with Crippen LogP contribution >= 0.6 is 11.6 Å². The van der Waals surface area contributed by atoms with E-state index in [1.54, 1.807) is 6.07 Å². The van der Waals surface area contributed by atoms with Crippen LogP contribution in [0.15, 0.2) is 36.4 Å². The van der Waals surface area contributed by atoms with Crippen LogP contribution < -0.4 is 10.5 Å². The van der Waals surface area contributed by atoms with E-state index < -0.39 is 86.8 Å². The lowest BCUT2D eigenvalue weighted by Crippen LogP contribution is -2.37. The van der Waals surface area contributed by atoms with Gasteiger partial charge in [0.05, 0.1) is 33.4 Å². The number of halogens is 8. The van der Waals surface area contributed by atoms with Crippen LogP contribution in [0.3, 0.4) is 0 Å². The number of nitrogens with zero attached hydrogens (tertiary/aromatic N) is 6. The van der Waals surface area contributed by atoms with Gasteiger partial charge in [-0.05, 0) is 61.4 Å². The number of pyridine rings is 1. The number of H-pyrrole nitrogens is 1. The summed E-state index contributed by atoms with van der Waals surface area (Å²) in [6.07, 6.45) is -3.45. The Balaban J connectivity index is 1.35. The van der Waals surface area contributed by atoms with Crippen molar-refractivity contribution in [3.63, 3.8) is 0 Å². The number of sulfonamides is 1. The molecule has 4 N–H and O–H groups in total. The minimum atomic E-state index is -5.20. The van der Waals surface area contributed by atoms with Gasteiger partial charge in [-0.15, -0.1) is 0 Å². The topological polar surface area (TPSA) is 166 Å². The third kappa shape index (κ3) is 6.18. The highest BCUT2D eigenvalue weighted by Gasteiger charge is 2.69. The molecule has 6 aromatic rings. The molecule has 57 heavy (non-hydrogen) atoms. The second-order valence-electron chi connectivity index (χ2n) is 14.9. The lowest BCUT2D eigenvalue weighted by molar-refractivity contribution is -0.142. The summed E-state index contributed by atoms with van der Waals surface area (Å²) in [7, 11) is -2.40. The Morgan fingerprint density at radius 2 is 1.79 bits per heavy atom. The molecule has 0 radical (unpaired) electrons. The number of rotatable bonds is 10. The number of benzene rings is 2. The maximum absolute atomic E-state index is 16.1. The molecule has 4 heterocycles. The van der Waals surface area contributed by atoms with Crippen LogP contribution in [0.25, 0.3) is 33.2 Å². The molecule has 4 atom stereocenters. The zero-order valence-electron chi connectivity index (χ0n) is 29.6. The van der Waals surface area contributed by atoms with Gasteiger partial charge in [-0.25, -0.2) is 31.8 Å². The Labute approximate surface area is 322 Å². The maximum atomic E-state index is 16.1. The summed E-state index contributed by atoms with van der Waals surface area (Å²) < 4.78 is 134. The Morgan fingerprint density at radius 1 is 1.09 bits per heavy atom. The van der Waals surface area contributed by atoms with E-state index in [0.29, 0.717) is 22.1 Å². The maximum Gasteiger partial charge on any atom is 0.435 e. The summed E-state index contributed by atoms with van der Waals surface area (Å²) in [5, 5.41) is 8.17. The molecule has 2 aromatic carbocycles. The molecule has 2 saturated carbocycles. The summed E-state index contributed by atoms with van der Waals surface area (Å²) >= 11 is 6.62. The van der Waals surface area contributed by atoms with E-state index in [1.807, 2.05) is 0 Å². The number of hydrogen-bond donors (Lipinski definition) is 3. The van der Waals surface area contributed by atoms with E-state index in [9.17, 15) is 35.2 Å². The summed E-state index contributed by atoms with van der Waals surface area (Å²) in [6.45, 7) is 0. The molecule has 1 amide bonds. The van der Waals surface area contributed by atoms with Gasteiger partial charge in [0.2, 0.25) is 15.9 Å². The van der Waals surface area contributed by atoms with Gasteiger partial charge >= 0.3 is 6.18 Å². The van der Waals surface area contributed by atoms with Gasteiger partial charge in [-0.3, -0.25) is 14.2 Å². The Morgan fingerprint density at radius 3 is 2.42 bits per heavy atom. The highest BCUT2D eigenvalue weighted by Crippen LogP contribution is 2.69. The highest BCUT2D eigenvalue weighted by atomic mass is 35.5. The molecular formula is C36H29ClF7N9O3S. The number of amides is 1. The van der Waals surface area contributed by atoms with E-state index in [0.717, 1.165) is 31.2 Å². The number of fused-ring (bicyclic) bond motifs is 5. The molecule has 0 bridgehead atoms. The first-order valence-corrected chi connectivity index (χ1v) is 19.8. The predicted octanol–water partition coefficient (Wildman–Crippen LogP) is 7.17. The molecule has 3 aliphatic carbocycles. The SMILES string of the molecule is Cn1nc(NS(C)(=O)=O)c2c(Cl)ccc(-c3cc4[nH]c(C5CC5)nc4nc3[C@@H](Cc3cc(F)cc(F)c3)C(C(N)=O)n3nc(C(F)(F)F)c4c3C(F)(F)[C@@H]3C[C@H]43)c21. The second kappa shape index (κ2) is 12.4. The zero-order valence-corrected chi connectivity index (χ0v) is 31.2. The molecular weight excluding hydrogens is 807 g/mol. The van der Waals surface area contributed by atoms with Gasteiger partial charge in [0.15, 0.2) is 17.2 Å². The first-order chi connectivity index (χ1) is 26.7. The normalized spacial score (nSPS) is 19.8. The fraction of sp³-hybridized carbons (Fsp3) is 0.361. The predicted molar refractivity (Wildman–Crippen MR) is 192 cm³/mol. The highest BCUT2D eigenvalue weighted by molar-refractivity contribution is 7.92. The van der Waals surface area contributed by atoms with Crippen molar-refractivity contribution in [1.29, 1.82) is 0 Å². The third-order valence-electron chi connectivity index (χ3n) is 10.8. The number of aromatic nitrogens is 7. The van der Waals surface area contributed by atoms with Crippen molar-refractivity contribution in [2.75, 3.05) is 11.0 Å². The third-order valence-corrected chi connectivity index (χ3v) is 11.7. The van der Waals surface area contributed by atoms with E-state index >= 15 is 8.78 Å². The van der Waals surface area contributed by atoms with Crippen LogP contribution in [0.1, 0.15) is 77.1 Å². The average molecular weight is 836 g/mol. The summed E-state index contributed by atoms with van der Waals surface area (Å²) in [5.74, 6) is -11.1. The van der Waals surface area contributed by atoms with Crippen LogP contribution in [0.2, 0.25) is 5.02 Å². The van der Waals surface area contributed by atoms with Gasteiger partial charge < -0.3 is 10.7 Å². The average Bonchev–Trinajstić information content (AvgIpc) is 3.97. The fourth-order valence-corrected chi connectivity index (χ4v) is 9.06. The number of aryl methyl sites for hydroxylation is 1. The van der Waals surface area contributed by atoms with Crippen molar-refractivity contribution in [2.24, 2.45) is 18.7 Å². The van der Waals surface area contributed by atoms with Crippen molar-refractivity contribution in [3.05, 3.63) is 87.1 Å². The fourth-order valence-electron chi connectivity index (χ4n) is 8.33. The van der Waals surface area contributed by atoms with Gasteiger partial charge in [-0.1, -0.05) is 17.7 Å². The number of nitrogens with two attached hydrogens (primary N) is 1. The van der Waals surface area contributed by atoms with Crippen molar-refractivity contribution in [1.82, 2.24) is 34.5 Å². The minimum Gasteiger partial charge on any atom is -0.368 e. The van der Waals surface area contributed by atoms with Crippen LogP contribution in [0, 0.1) is 17.6 Å². The Bertz CT molecular complexity index is 2790. The Kier molecular flexibility index (Phi) is 8.11. The van der Waals surface area contributed by atoms with Crippen LogP contribution in [-0.4, -0.2) is 55.1 Å². The zero-order chi connectivity index (χ0) is 40.7. The number of anilines is 1. The minimum absolute atomic E-state index is 0.0653. The van der Waals surface area contributed by atoms with Crippen molar-refractivity contribution in [2.45, 2.75) is 61.6 Å². The summed E-state index contributed by atoms with van der Waals surface area (Å²) in [4.78, 5) is 26.5. The van der Waals surface area contributed by atoms with Gasteiger partial charge in [0.1, 0.15) is 29.2 Å². The molecule has 2 fully saturated rings. The van der Waals surface area contributed by atoms with Crippen molar-refractivity contribution < 1.29 is 43.9 Å². The number of primary amides is 1. The van der Waals surface area contributed by atoms with Crippen LogP contribution in [0.4, 0.5) is 36.6 Å². The molecule has 0 saturated heterocycles. The molecule has 21 heteroatoms. The standard InChI is InChI=1S/C36H29ClF7N9O3S/c1-52-27-17(5-6-22(37)25(27)34(50-52)51-57(2,55)56)18-12-23-33(48-32(46-23)14-3-4-14)47-26(18)20(9-13-7-15(38)10-16(39)8-13)28(31(45)54)53-30-24(29(49-53)36(42,43)44)19-11-21(19)35(30,40)41/h5-8,10,12,14,19-21,28H,3-4,9,11H2,1-2H3,(H2,45,54)(H,50,51)(H,46,47,48)/t19-,20+,21+,28?/m0/s1. The van der Waals surface area contributed by atoms with Crippen LogP contribution in [-0.2, 0) is 40.4 Å². The molecule has 4 aromatic heterocycles. The molecule has 0 aliphatic heterocycles. The van der Waals surface area contributed by atoms with Crippen molar-refractivity contribution >= 4 is 55.4 Å². The molecule has 298 valence electrons. The number of imidazole rings is 1. The molecule has 3 aliphatic rings. The number of aromatic amines is 1. The monoisotopic (exact) mass is 835 g/mol. The van der Waals surface area contributed by atoms with Gasteiger partial charge in [0.25, 0.3) is 5.92 Å². The number of alkyl halides is 5. The summed E-state index contributed by atoms with van der Waals surface area (Å²) in [5.41, 5.74) is 3.34. The van der Waals surface area contributed by atoms with Gasteiger partial charge in [0, 0.05) is 47.6 Å². The van der Waals surface area contributed by atoms with Crippen LogP contribution in [0.5, 0.6) is 0 Å². The van der Waals surface area contributed by atoms with Gasteiger partial charge in [-0.2, -0.15) is 32.1 Å². The molecule has 9 rings (SSSR count). The molecule has 0 spiro atoms. The largest absolute Gasteiger partial charge is 0.435 e. The molecule has 12 nitrogen and oxygen atoms in total. The number of carbonyl (C=O) groups excluding carboxylic acids is 1. The lowest BCUT2D eigenvalue weighted by atomic mass is 9.84. The van der Waals surface area contributed by atoms with E-state index in [4.69, 9.17) is 22.3 Å². The number of hydrogen-bond acceptors (Lipinski definition) is 7. The second-order valence-corrected chi connectivity index (χ2v) is 17.1. The summed E-state index contributed by atoms with van der Waals surface area (Å²) in [6, 6.07) is 4.81. The lowest BCUT2D eigenvalue weighted by Gasteiger charge is -2.29. The smallest absolute Gasteiger partial charge is 0.368 e. The van der Waals surface area contributed by atoms with E-state index in [-0.39, 0.29) is 62.1 Å². The van der Waals surface area contributed by atoms with Crippen molar-refractivity contribution in [3.8, 4) is 11.1 Å². The quantitative estimate of drug-likeness (QED) is 0.123. The number of carbonyl (C=O) groups is 1. The number of nitrogens with one attached hydrogen (secondary N) is 2. The molecule has 1 unspecified atom stereocenters.